The Kier molecular flexibility index (Phi) is 5.05. The highest BCUT2D eigenvalue weighted by molar-refractivity contribution is 6.36. The molecule has 1 aliphatic heterocycles. The van der Waals surface area contributed by atoms with E-state index >= 15 is 0 Å². The highest BCUT2D eigenvalue weighted by Crippen LogP contribution is 2.37. The minimum Gasteiger partial charge on any atom is -0.454 e. The molecule has 0 aromatic heterocycles. The molecule has 2 aromatic rings. The van der Waals surface area contributed by atoms with E-state index in [-0.39, 0.29) is 12.4 Å². The number of nitriles is 1. The maximum absolute atomic E-state index is 12.4. The molecule has 0 spiro atoms. The van der Waals surface area contributed by atoms with E-state index in [1.165, 1.54) is 12.1 Å². The lowest BCUT2D eigenvalue weighted by atomic mass is 10.1. The Hall–Kier alpha value is -2.39. The Morgan fingerprint density at radius 3 is 2.56 bits per heavy atom. The highest BCUT2D eigenvalue weighted by Gasteiger charge is 2.18. The highest BCUT2D eigenvalue weighted by atomic mass is 35.5. The number of carbonyl (C=O) groups is 1. The van der Waals surface area contributed by atoms with E-state index in [1.807, 2.05) is 6.07 Å². The summed E-state index contributed by atoms with van der Waals surface area (Å²) in [6.07, 6.45) is 1.36. The molecule has 0 fully saturated rings. The molecule has 1 amide bonds. The number of nitrogens with one attached hydrogen (secondary N) is 1. The number of ether oxygens (including phenoxy) is 2. The summed E-state index contributed by atoms with van der Waals surface area (Å²) < 4.78 is 10.5. The van der Waals surface area contributed by atoms with Crippen LogP contribution in [-0.2, 0) is 4.79 Å². The molecule has 0 aliphatic carbocycles. The Bertz CT molecular complexity index is 935. The summed E-state index contributed by atoms with van der Waals surface area (Å²) in [4.78, 5) is 12.4. The van der Waals surface area contributed by atoms with Crippen molar-refractivity contribution in [2.24, 2.45) is 0 Å². The summed E-state index contributed by atoms with van der Waals surface area (Å²) in [5.41, 5.74) is 0.601. The van der Waals surface area contributed by atoms with E-state index in [4.69, 9.17) is 44.3 Å². The first kappa shape index (κ1) is 17.4. The molecule has 3 rings (SSSR count). The number of nitrogens with zero attached hydrogens (tertiary/aromatic N) is 1. The van der Waals surface area contributed by atoms with Gasteiger partial charge in [0.25, 0.3) is 5.91 Å². The molecule has 126 valence electrons. The van der Waals surface area contributed by atoms with Crippen LogP contribution in [0.5, 0.6) is 11.5 Å². The van der Waals surface area contributed by atoms with Gasteiger partial charge in [0.2, 0.25) is 6.79 Å². The summed E-state index contributed by atoms with van der Waals surface area (Å²) in [5.74, 6) is 0.363. The average Bonchev–Trinajstić information content (AvgIpc) is 3.02. The second-order valence-corrected chi connectivity index (χ2v) is 6.23. The largest absolute Gasteiger partial charge is 0.454 e. The van der Waals surface area contributed by atoms with Crippen LogP contribution in [0.25, 0.3) is 6.08 Å². The molecule has 0 saturated heterocycles. The van der Waals surface area contributed by atoms with Crippen LogP contribution < -0.4 is 14.8 Å². The first-order valence-corrected chi connectivity index (χ1v) is 8.08. The Balaban J connectivity index is 1.89. The van der Waals surface area contributed by atoms with Gasteiger partial charge in [0.05, 0.1) is 15.7 Å². The number of amides is 1. The zero-order valence-electron chi connectivity index (χ0n) is 12.5. The van der Waals surface area contributed by atoms with E-state index in [9.17, 15) is 10.1 Å². The predicted molar refractivity (Wildman–Crippen MR) is 96.3 cm³/mol. The van der Waals surface area contributed by atoms with Crippen LogP contribution in [0.4, 0.5) is 5.69 Å². The van der Waals surface area contributed by atoms with Crippen LogP contribution in [0.3, 0.4) is 0 Å². The molecule has 1 heterocycles. The van der Waals surface area contributed by atoms with Gasteiger partial charge in [-0.15, -0.1) is 0 Å². The Morgan fingerprint density at radius 2 is 1.84 bits per heavy atom. The van der Waals surface area contributed by atoms with Crippen LogP contribution in [0.1, 0.15) is 5.56 Å². The van der Waals surface area contributed by atoms with E-state index in [0.717, 1.165) is 0 Å². The van der Waals surface area contributed by atoms with E-state index < -0.39 is 5.91 Å². The molecule has 1 N–H and O–H groups in total. The normalized spacial score (nSPS) is 12.6. The standard InChI is InChI=1S/C17H9Cl3N2O3/c18-11-1-2-12(19)14(5-11)22-17(23)10(7-21)3-9-4-15-16(6-13(9)20)25-8-24-15/h1-6H,8H2,(H,22,23)/b10-3+. The van der Waals surface area contributed by atoms with Crippen LogP contribution in [0, 0.1) is 11.3 Å². The number of fused-ring (bicyclic) bond motifs is 1. The number of hydrogen-bond acceptors (Lipinski definition) is 4. The summed E-state index contributed by atoms with van der Waals surface area (Å²) in [6.45, 7) is 0.0949. The molecular weight excluding hydrogens is 387 g/mol. The van der Waals surface area contributed by atoms with E-state index in [1.54, 1.807) is 24.3 Å². The predicted octanol–water partition coefficient (Wildman–Crippen LogP) is 4.92. The molecule has 0 atom stereocenters. The van der Waals surface area contributed by atoms with Gasteiger partial charge in [-0.1, -0.05) is 34.8 Å². The third kappa shape index (κ3) is 3.83. The van der Waals surface area contributed by atoms with Gasteiger partial charge in [-0.05, 0) is 35.9 Å². The smallest absolute Gasteiger partial charge is 0.266 e. The quantitative estimate of drug-likeness (QED) is 0.591. The molecular formula is C17H9Cl3N2O3. The Morgan fingerprint density at radius 1 is 1.12 bits per heavy atom. The fourth-order valence-corrected chi connectivity index (χ4v) is 2.68. The van der Waals surface area contributed by atoms with E-state index in [0.29, 0.717) is 37.8 Å². The van der Waals surface area contributed by atoms with Crippen molar-refractivity contribution in [1.29, 1.82) is 5.26 Å². The number of hydrogen-bond donors (Lipinski definition) is 1. The molecule has 0 bridgehead atoms. The van der Waals surface area contributed by atoms with Crippen LogP contribution in [0.2, 0.25) is 15.1 Å². The average molecular weight is 396 g/mol. The number of anilines is 1. The SMILES string of the molecule is N#C/C(=C\c1cc2c(cc1Cl)OCO2)C(=O)Nc1cc(Cl)ccc1Cl. The van der Waals surface area contributed by atoms with Crippen LogP contribution in [0.15, 0.2) is 35.9 Å². The topological polar surface area (TPSA) is 71.3 Å². The van der Waals surface area contributed by atoms with Gasteiger partial charge in [0.1, 0.15) is 11.6 Å². The third-order valence-corrected chi connectivity index (χ3v) is 4.23. The van der Waals surface area contributed by atoms with Crippen molar-refractivity contribution in [2.45, 2.75) is 0 Å². The van der Waals surface area contributed by atoms with Crippen molar-refractivity contribution < 1.29 is 14.3 Å². The third-order valence-electron chi connectivity index (χ3n) is 3.33. The lowest BCUT2D eigenvalue weighted by Crippen LogP contribution is -2.13. The maximum atomic E-state index is 12.4. The fourth-order valence-electron chi connectivity index (χ4n) is 2.13. The fraction of sp³-hybridized carbons (Fsp3) is 0.0588. The Labute approximate surface area is 158 Å². The van der Waals surface area contributed by atoms with Gasteiger partial charge < -0.3 is 14.8 Å². The maximum Gasteiger partial charge on any atom is 0.266 e. The summed E-state index contributed by atoms with van der Waals surface area (Å²) in [6, 6.07) is 9.63. The summed E-state index contributed by atoms with van der Waals surface area (Å²) >= 11 is 18.1. The molecule has 2 aromatic carbocycles. The molecule has 0 radical (unpaired) electrons. The number of carbonyl (C=O) groups excluding carboxylic acids is 1. The lowest BCUT2D eigenvalue weighted by Gasteiger charge is -2.07. The molecule has 1 aliphatic rings. The number of halogens is 3. The molecule has 0 saturated carbocycles. The van der Waals surface area contributed by atoms with Crippen molar-refractivity contribution in [1.82, 2.24) is 0 Å². The van der Waals surface area contributed by atoms with Gasteiger partial charge in [-0.3, -0.25) is 4.79 Å². The second kappa shape index (κ2) is 7.24. The summed E-state index contributed by atoms with van der Waals surface area (Å²) in [5, 5.41) is 12.9. The van der Waals surface area contributed by atoms with Crippen molar-refractivity contribution in [3.05, 3.63) is 56.5 Å². The zero-order chi connectivity index (χ0) is 18.0. The van der Waals surface area contributed by atoms with Crippen LogP contribution >= 0.6 is 34.8 Å². The van der Waals surface area contributed by atoms with Crippen molar-refractivity contribution >= 4 is 52.5 Å². The van der Waals surface area contributed by atoms with Crippen molar-refractivity contribution in [2.75, 3.05) is 12.1 Å². The molecule has 0 unspecified atom stereocenters. The van der Waals surface area contributed by atoms with Crippen molar-refractivity contribution in [3.63, 3.8) is 0 Å². The van der Waals surface area contributed by atoms with E-state index in [2.05, 4.69) is 5.32 Å². The minimum absolute atomic E-state index is 0.0949. The molecule has 5 nitrogen and oxygen atoms in total. The first-order chi connectivity index (χ1) is 12.0. The summed E-state index contributed by atoms with van der Waals surface area (Å²) in [7, 11) is 0. The van der Waals surface area contributed by atoms with Crippen molar-refractivity contribution in [3.8, 4) is 17.6 Å². The first-order valence-electron chi connectivity index (χ1n) is 6.95. The monoisotopic (exact) mass is 394 g/mol. The van der Waals surface area contributed by atoms with Gasteiger partial charge in [0, 0.05) is 11.1 Å². The van der Waals surface area contributed by atoms with Gasteiger partial charge in [-0.25, -0.2) is 0 Å². The van der Waals surface area contributed by atoms with Gasteiger partial charge >= 0.3 is 0 Å². The number of rotatable bonds is 3. The van der Waals surface area contributed by atoms with Crippen LogP contribution in [-0.4, -0.2) is 12.7 Å². The lowest BCUT2D eigenvalue weighted by molar-refractivity contribution is -0.112. The number of benzene rings is 2. The minimum atomic E-state index is -0.639. The zero-order valence-corrected chi connectivity index (χ0v) is 14.7. The van der Waals surface area contributed by atoms with Gasteiger partial charge in [0.15, 0.2) is 11.5 Å². The molecule has 8 heteroatoms. The second-order valence-electron chi connectivity index (χ2n) is 4.98. The van der Waals surface area contributed by atoms with Gasteiger partial charge in [-0.2, -0.15) is 5.26 Å². The molecule has 25 heavy (non-hydrogen) atoms.